The molecule has 0 bridgehead atoms. The van der Waals surface area contributed by atoms with E-state index in [1.54, 1.807) is 17.4 Å². The Morgan fingerprint density at radius 2 is 2.07 bits per heavy atom. The van der Waals surface area contributed by atoms with Gasteiger partial charge in [-0.25, -0.2) is 4.79 Å². The van der Waals surface area contributed by atoms with Crippen LogP contribution >= 0.6 is 11.3 Å². The molecule has 78 valence electrons. The number of carboxylic acids is 1. The Balaban J connectivity index is 2.81. The molecular formula is C11H11NO2S. The molecule has 2 aromatic rings. The van der Waals surface area contributed by atoms with Gasteiger partial charge in [-0.3, -0.25) is 0 Å². The van der Waals surface area contributed by atoms with Gasteiger partial charge in [-0.05, 0) is 22.9 Å². The highest BCUT2D eigenvalue weighted by atomic mass is 32.1. The number of carboxylic acid groups (broad SMARTS) is 1. The van der Waals surface area contributed by atoms with Crippen molar-refractivity contribution in [3.8, 4) is 0 Å². The molecule has 1 aromatic carbocycles. The summed E-state index contributed by atoms with van der Waals surface area (Å²) in [4.78, 5) is 12.9. The highest BCUT2D eigenvalue weighted by Crippen LogP contribution is 2.33. The Morgan fingerprint density at radius 3 is 2.67 bits per heavy atom. The molecule has 1 aromatic heterocycles. The minimum Gasteiger partial charge on any atom is -0.478 e. The van der Waals surface area contributed by atoms with Crippen molar-refractivity contribution in [2.45, 2.75) is 0 Å². The lowest BCUT2D eigenvalue weighted by atomic mass is 10.1. The van der Waals surface area contributed by atoms with Crippen LogP contribution in [0.3, 0.4) is 0 Å². The lowest BCUT2D eigenvalue weighted by Crippen LogP contribution is -2.13. The lowest BCUT2D eigenvalue weighted by Gasteiger charge is -2.16. The molecule has 0 aliphatic rings. The van der Waals surface area contributed by atoms with Crippen LogP contribution < -0.4 is 4.90 Å². The number of carbonyl (C=O) groups is 1. The Hall–Kier alpha value is -1.55. The van der Waals surface area contributed by atoms with Crippen molar-refractivity contribution < 1.29 is 9.90 Å². The van der Waals surface area contributed by atoms with Crippen LogP contribution in [-0.2, 0) is 0 Å². The second kappa shape index (κ2) is 3.55. The largest absolute Gasteiger partial charge is 0.478 e. The number of nitrogens with zero attached hydrogens (tertiary/aromatic N) is 1. The molecule has 0 atom stereocenters. The summed E-state index contributed by atoms with van der Waals surface area (Å²) >= 11 is 1.57. The van der Waals surface area contributed by atoms with Crippen LogP contribution in [0.4, 0.5) is 5.69 Å². The highest BCUT2D eigenvalue weighted by molar-refractivity contribution is 7.17. The van der Waals surface area contributed by atoms with Gasteiger partial charge in [-0.15, -0.1) is 11.3 Å². The first-order valence-corrected chi connectivity index (χ1v) is 5.40. The molecule has 0 spiro atoms. The Kier molecular flexibility index (Phi) is 2.36. The number of hydrogen-bond donors (Lipinski definition) is 1. The quantitative estimate of drug-likeness (QED) is 0.847. The molecule has 4 heteroatoms. The maximum absolute atomic E-state index is 11.1. The van der Waals surface area contributed by atoms with Gasteiger partial charge in [0.1, 0.15) is 0 Å². The Labute approximate surface area is 91.6 Å². The van der Waals surface area contributed by atoms with Crippen LogP contribution in [0.15, 0.2) is 23.6 Å². The van der Waals surface area contributed by atoms with Crippen LogP contribution in [0.2, 0.25) is 0 Å². The van der Waals surface area contributed by atoms with Crippen molar-refractivity contribution in [3.05, 3.63) is 29.1 Å². The molecule has 0 amide bonds. The maximum Gasteiger partial charge on any atom is 0.337 e. The van der Waals surface area contributed by atoms with Gasteiger partial charge in [0.15, 0.2) is 0 Å². The number of hydrogen-bond acceptors (Lipinski definition) is 3. The molecule has 2 rings (SSSR count). The number of rotatable bonds is 2. The van der Waals surface area contributed by atoms with Crippen molar-refractivity contribution in [2.75, 3.05) is 19.0 Å². The average Bonchev–Trinajstić information content (AvgIpc) is 2.62. The molecule has 1 heterocycles. The second-order valence-electron chi connectivity index (χ2n) is 3.50. The number of anilines is 1. The van der Waals surface area contributed by atoms with E-state index in [4.69, 9.17) is 5.11 Å². The van der Waals surface area contributed by atoms with Crippen molar-refractivity contribution >= 4 is 33.1 Å². The van der Waals surface area contributed by atoms with Gasteiger partial charge in [0.2, 0.25) is 0 Å². The molecule has 0 aliphatic heterocycles. The SMILES string of the molecule is CN(C)c1c(C(=O)O)ccc2ccsc12. The van der Waals surface area contributed by atoms with Crippen molar-refractivity contribution in [1.29, 1.82) is 0 Å². The van der Waals surface area contributed by atoms with E-state index >= 15 is 0 Å². The summed E-state index contributed by atoms with van der Waals surface area (Å²) in [5, 5.41) is 12.2. The fraction of sp³-hybridized carbons (Fsp3) is 0.182. The van der Waals surface area contributed by atoms with Gasteiger partial charge in [-0.1, -0.05) is 6.07 Å². The third-order valence-corrected chi connectivity index (χ3v) is 3.21. The predicted molar refractivity (Wildman–Crippen MR) is 63.1 cm³/mol. The van der Waals surface area contributed by atoms with E-state index < -0.39 is 5.97 Å². The van der Waals surface area contributed by atoms with Gasteiger partial charge in [-0.2, -0.15) is 0 Å². The standard InChI is InChI=1S/C11H11NO2S/c1-12(2)9-8(11(13)14)4-3-7-5-6-15-10(7)9/h3-6H,1-2H3,(H,13,14). The third-order valence-electron chi connectivity index (χ3n) is 2.27. The number of thiophene rings is 1. The number of aromatic carboxylic acids is 1. The number of benzene rings is 1. The van der Waals surface area contributed by atoms with Gasteiger partial charge in [0, 0.05) is 14.1 Å². The zero-order valence-electron chi connectivity index (χ0n) is 8.52. The van der Waals surface area contributed by atoms with Gasteiger partial charge in [0.25, 0.3) is 0 Å². The fourth-order valence-electron chi connectivity index (χ4n) is 1.63. The van der Waals surface area contributed by atoms with Crippen molar-refractivity contribution in [3.63, 3.8) is 0 Å². The first-order chi connectivity index (χ1) is 7.11. The van der Waals surface area contributed by atoms with Gasteiger partial charge in [0.05, 0.1) is 16.0 Å². The minimum absolute atomic E-state index is 0.356. The molecule has 0 radical (unpaired) electrons. The van der Waals surface area contributed by atoms with Gasteiger partial charge >= 0.3 is 5.97 Å². The molecule has 0 saturated heterocycles. The molecule has 0 saturated carbocycles. The van der Waals surface area contributed by atoms with E-state index in [2.05, 4.69) is 0 Å². The molecule has 0 unspecified atom stereocenters. The summed E-state index contributed by atoms with van der Waals surface area (Å²) < 4.78 is 1.03. The number of fused-ring (bicyclic) bond motifs is 1. The van der Waals surface area contributed by atoms with Crippen LogP contribution in [-0.4, -0.2) is 25.2 Å². The minimum atomic E-state index is -0.881. The van der Waals surface area contributed by atoms with Crippen molar-refractivity contribution in [1.82, 2.24) is 0 Å². The summed E-state index contributed by atoms with van der Waals surface area (Å²) in [7, 11) is 3.72. The summed E-state index contributed by atoms with van der Waals surface area (Å²) in [5.41, 5.74) is 1.14. The zero-order valence-corrected chi connectivity index (χ0v) is 9.34. The van der Waals surface area contributed by atoms with E-state index in [0.29, 0.717) is 5.56 Å². The average molecular weight is 221 g/mol. The van der Waals surface area contributed by atoms with E-state index in [9.17, 15) is 4.79 Å². The van der Waals surface area contributed by atoms with E-state index in [1.165, 1.54) is 0 Å². The molecular weight excluding hydrogens is 210 g/mol. The van der Waals surface area contributed by atoms with Gasteiger partial charge < -0.3 is 10.0 Å². The van der Waals surface area contributed by atoms with Crippen LogP contribution in [0.25, 0.3) is 10.1 Å². The zero-order chi connectivity index (χ0) is 11.0. The highest BCUT2D eigenvalue weighted by Gasteiger charge is 2.15. The summed E-state index contributed by atoms with van der Waals surface area (Å²) in [6.45, 7) is 0. The van der Waals surface area contributed by atoms with E-state index in [-0.39, 0.29) is 0 Å². The molecule has 3 nitrogen and oxygen atoms in total. The summed E-state index contributed by atoms with van der Waals surface area (Å²) in [5.74, 6) is -0.881. The molecule has 1 N–H and O–H groups in total. The lowest BCUT2D eigenvalue weighted by molar-refractivity contribution is 0.0698. The smallest absolute Gasteiger partial charge is 0.337 e. The van der Waals surface area contributed by atoms with Crippen LogP contribution in [0.5, 0.6) is 0 Å². The molecule has 15 heavy (non-hydrogen) atoms. The normalized spacial score (nSPS) is 10.5. The third kappa shape index (κ3) is 1.57. The van der Waals surface area contributed by atoms with E-state index in [0.717, 1.165) is 15.8 Å². The van der Waals surface area contributed by atoms with E-state index in [1.807, 2.05) is 36.5 Å². The fourth-order valence-corrected chi connectivity index (χ4v) is 2.66. The van der Waals surface area contributed by atoms with Crippen LogP contribution in [0.1, 0.15) is 10.4 Å². The summed E-state index contributed by atoms with van der Waals surface area (Å²) in [6.07, 6.45) is 0. The molecule has 0 aliphatic carbocycles. The topological polar surface area (TPSA) is 40.5 Å². The maximum atomic E-state index is 11.1. The monoisotopic (exact) mass is 221 g/mol. The van der Waals surface area contributed by atoms with Crippen LogP contribution in [0, 0.1) is 0 Å². The Morgan fingerprint density at radius 1 is 1.33 bits per heavy atom. The Bertz CT molecular complexity index is 516. The summed E-state index contributed by atoms with van der Waals surface area (Å²) in [6, 6.07) is 5.51. The second-order valence-corrected chi connectivity index (χ2v) is 4.42. The first-order valence-electron chi connectivity index (χ1n) is 4.52. The first kappa shape index (κ1) is 9.98. The van der Waals surface area contributed by atoms with Crippen molar-refractivity contribution in [2.24, 2.45) is 0 Å². The molecule has 0 fully saturated rings. The predicted octanol–water partition coefficient (Wildman–Crippen LogP) is 2.67.